The minimum atomic E-state index is -2.29. The largest absolute Gasteiger partial charge is 0.0149 e. The van der Waals surface area contributed by atoms with Crippen molar-refractivity contribution in [3.05, 3.63) is 0 Å². The molecule has 0 aliphatic heterocycles. The van der Waals surface area contributed by atoms with Gasteiger partial charge >= 0.3 is 46.2 Å². The summed E-state index contributed by atoms with van der Waals surface area (Å²) < 4.78 is 19.4. The van der Waals surface area contributed by atoms with Crippen molar-refractivity contribution in [3.63, 3.8) is 0 Å². The first-order valence-corrected chi connectivity index (χ1v) is 1.79. The molecule has 0 rings (SSSR count). The van der Waals surface area contributed by atoms with E-state index < -0.39 is 46.0 Å². The maximum absolute atomic E-state index is 9.72. The average molecular weight is 201 g/mol. The summed E-state index contributed by atoms with van der Waals surface area (Å²) in [6.07, 6.45) is 0. The van der Waals surface area contributed by atoms with Crippen molar-refractivity contribution in [2.45, 2.75) is 0 Å². The molecule has 0 aromatic rings. The Morgan fingerprint density at radius 2 is 1.25 bits per heavy atom. The van der Waals surface area contributed by atoms with Gasteiger partial charge in [-0.2, -0.15) is 0 Å². The molecule has 0 bridgehead atoms. The number of hydrogen-bond donors (Lipinski definition) is 0. The first-order valence-electron chi connectivity index (χ1n) is 0.267. The second-order valence-electron chi connectivity index (χ2n) is 0.0505. The number of halogens is 2. The summed E-state index contributed by atoms with van der Waals surface area (Å²) in [6, 6.07) is 0. The Morgan fingerprint density at radius 3 is 1.25 bits per heavy atom. The van der Waals surface area contributed by atoms with Gasteiger partial charge in [-0.05, 0) is 11.0 Å². The fourth-order valence-electron chi connectivity index (χ4n) is 0. The van der Waals surface area contributed by atoms with Gasteiger partial charge in [0.25, 0.3) is 0 Å². The molecule has 0 aromatic heterocycles. The van der Waals surface area contributed by atoms with E-state index in [2.05, 4.69) is 0 Å². The minimum Gasteiger partial charge on any atom is -0.0149 e. The fourth-order valence-corrected chi connectivity index (χ4v) is 0. The van der Waals surface area contributed by atoms with E-state index in [9.17, 15) is 0.167 Å². The maximum Gasteiger partial charge on any atom is -0.0149 e. The zero-order valence-electron chi connectivity index (χ0n) is 1.11. The van der Waals surface area contributed by atoms with Gasteiger partial charge in [0.05, 0.1) is 0 Å². The van der Waals surface area contributed by atoms with Gasteiger partial charge in [-0.15, -0.1) is 0 Å². The Hall–Kier alpha value is 1.65. The second kappa shape index (κ2) is 8.82. The molecule has 0 aromatic carbocycles. The molecule has 0 heterocycles. The van der Waals surface area contributed by atoms with Crippen molar-refractivity contribution in [1.29, 1.82) is 0 Å². The van der Waals surface area contributed by atoms with Gasteiger partial charge in [0.15, 0.2) is 0 Å². The summed E-state index contributed by atoms with van der Waals surface area (Å²) in [5.74, 6) is 0. The van der Waals surface area contributed by atoms with Gasteiger partial charge in [0.2, 0.25) is 0 Å². The van der Waals surface area contributed by atoms with E-state index in [-0.39, 0.29) is 11.0 Å². The molecule has 0 aliphatic carbocycles. The van der Waals surface area contributed by atoms with E-state index in [1.54, 1.807) is 0 Å². The molecule has 0 N–H and O–H groups in total. The average Bonchev–Trinajstić information content (AvgIpc) is 0.918. The maximum atomic E-state index is 9.72. The molecule has 0 fully saturated rings. The van der Waals surface area contributed by atoms with E-state index >= 15 is 0 Å². The van der Waals surface area contributed by atoms with Crippen LogP contribution in [0.15, 0.2) is 0 Å². The van der Waals surface area contributed by atoms with Gasteiger partial charge in [-0.3, -0.25) is 0 Å². The molecule has 0 amide bonds. The van der Waals surface area contributed by atoms with Crippen LogP contribution in [0, 0.1) is 46.0 Å². The first-order chi connectivity index (χ1) is 1.41. The zero-order chi connectivity index (χ0) is 2.71. The Kier molecular flexibility index (Phi) is 20.2. The van der Waals surface area contributed by atoms with Gasteiger partial charge in [0, 0.05) is 0 Å². The molecule has 0 spiro atoms. The van der Waals surface area contributed by atoms with Gasteiger partial charge < -0.3 is 0 Å². The molecule has 0 nitrogen and oxygen atoms in total. The van der Waals surface area contributed by atoms with Gasteiger partial charge in [0.1, 0.15) is 0 Å². The summed E-state index contributed by atoms with van der Waals surface area (Å²) in [6.45, 7) is 0. The fraction of sp³-hybridized carbons (Fsp3) is 0. The summed E-state index contributed by atoms with van der Waals surface area (Å²) in [5.41, 5.74) is 0. The molecular weight excluding hydrogens is 197 g/mol. The smallest absolute Gasteiger partial charge is 0.0149 e. The topological polar surface area (TPSA) is 0 Å². The standard InChI is InChI=1S/F2Xe.H4Si/c1-3-2;/h;1H4. The van der Waals surface area contributed by atoms with Crippen LogP contribution >= 0.6 is 0 Å². The van der Waals surface area contributed by atoms with E-state index in [0.717, 1.165) is 0 Å². The van der Waals surface area contributed by atoms with E-state index in [0.29, 0.717) is 0 Å². The third kappa shape index (κ3) is 9.42. The van der Waals surface area contributed by atoms with Crippen LogP contribution in [0.3, 0.4) is 0 Å². The molecule has 4 heavy (non-hydrogen) atoms. The van der Waals surface area contributed by atoms with E-state index in [4.69, 9.17) is 0 Å². The minimum absolute atomic E-state index is 0. The summed E-state index contributed by atoms with van der Waals surface area (Å²) in [7, 11) is 0. The van der Waals surface area contributed by atoms with Crippen LogP contribution in [0.4, 0.5) is 0.167 Å². The van der Waals surface area contributed by atoms with Crippen molar-refractivity contribution < 1.29 is 46.2 Å². The van der Waals surface area contributed by atoms with Crippen molar-refractivity contribution >= 4 is 11.0 Å². The second-order valence-corrected chi connectivity index (χ2v) is 0.339. The predicted molar refractivity (Wildman–Crippen MR) is 13.5 cm³/mol. The van der Waals surface area contributed by atoms with Crippen LogP contribution in [-0.4, -0.2) is 11.0 Å². The molecule has 0 saturated carbocycles. The van der Waals surface area contributed by atoms with Gasteiger partial charge in [-0.1, -0.05) is 0 Å². The zero-order valence-corrected chi connectivity index (χ0v) is 3.13. The van der Waals surface area contributed by atoms with Crippen molar-refractivity contribution in [2.24, 2.45) is 0 Å². The molecule has 0 aliphatic rings. The Bertz CT molecular complexity index is 6.00. The Morgan fingerprint density at radius 1 is 1.25 bits per heavy atom. The van der Waals surface area contributed by atoms with Crippen molar-refractivity contribution in [3.8, 4) is 0 Å². The SMILES string of the molecule is F[Xe]F.[SiH4]. The van der Waals surface area contributed by atoms with Crippen molar-refractivity contribution in [2.75, 3.05) is 0 Å². The third-order valence-corrected chi connectivity index (χ3v) is 0. The molecule has 0 unspecified atom stereocenters. The Balaban J connectivity index is 0. The molecule has 0 atom stereocenters. The van der Waals surface area contributed by atoms with E-state index in [1.807, 2.05) is 0 Å². The molecule has 0 radical (unpaired) electrons. The third-order valence-electron chi connectivity index (χ3n) is 0. The van der Waals surface area contributed by atoms with Crippen LogP contribution in [0.5, 0.6) is 0 Å². The predicted octanol–water partition coefficient (Wildman–Crippen LogP) is -0.611. The Labute approximate surface area is 56.1 Å². The van der Waals surface area contributed by atoms with Gasteiger partial charge in [-0.25, -0.2) is 0 Å². The number of hydrogen-bond acceptors (Lipinski definition) is 0. The van der Waals surface area contributed by atoms with E-state index in [1.165, 1.54) is 0 Å². The van der Waals surface area contributed by atoms with Crippen LogP contribution in [0.2, 0.25) is 0 Å². The monoisotopic (exact) mass is 202 g/mol. The molecule has 0 saturated heterocycles. The summed E-state index contributed by atoms with van der Waals surface area (Å²) >= 11 is -2.29. The normalized spacial score (nSPS) is 5.50. The first kappa shape index (κ1) is 9.17. The van der Waals surface area contributed by atoms with Crippen LogP contribution in [-0.2, 0) is 0 Å². The van der Waals surface area contributed by atoms with Crippen LogP contribution in [0.1, 0.15) is 0 Å². The summed E-state index contributed by atoms with van der Waals surface area (Å²) in [4.78, 5) is 0. The van der Waals surface area contributed by atoms with Crippen LogP contribution in [0.25, 0.3) is 0 Å². The molecule has 30 valence electrons. The van der Waals surface area contributed by atoms with Crippen LogP contribution < -0.4 is 0 Å². The van der Waals surface area contributed by atoms with Crippen molar-refractivity contribution in [1.82, 2.24) is 0 Å². The summed E-state index contributed by atoms with van der Waals surface area (Å²) in [5, 5.41) is 0. The molecule has 4 heteroatoms. The number of rotatable bonds is 0. The quantitative estimate of drug-likeness (QED) is 0.459. The molecular formula is H4F2SiXe.